The maximum Gasteiger partial charge on any atom is 0.335 e. The minimum absolute atomic E-state index is 0.370. The molecule has 0 radical (unpaired) electrons. The second kappa shape index (κ2) is 6.78. The summed E-state index contributed by atoms with van der Waals surface area (Å²) in [5.41, 5.74) is -0.664. The third kappa shape index (κ3) is 3.76. The minimum atomic E-state index is -1.44. The maximum atomic E-state index is 13.7. The summed E-state index contributed by atoms with van der Waals surface area (Å²) in [6.07, 6.45) is 0.830. The summed E-state index contributed by atoms with van der Waals surface area (Å²) in [6, 6.07) is 9.63. The predicted octanol–water partition coefficient (Wildman–Crippen LogP) is 2.77. The second-order valence-corrected chi connectivity index (χ2v) is 4.60. The SMILES string of the molecule is CN(N=Cc1c(F)cc(C(=O)O)cc1F)C(=O)c1ccccc1. The summed E-state index contributed by atoms with van der Waals surface area (Å²) < 4.78 is 27.5. The Kier molecular flexibility index (Phi) is 4.80. The van der Waals surface area contributed by atoms with E-state index in [1.54, 1.807) is 30.3 Å². The number of carbonyl (C=O) groups excluding carboxylic acids is 1. The van der Waals surface area contributed by atoms with Crippen LogP contribution in [0.25, 0.3) is 0 Å². The van der Waals surface area contributed by atoms with Gasteiger partial charge in [0.2, 0.25) is 0 Å². The summed E-state index contributed by atoms with van der Waals surface area (Å²) in [4.78, 5) is 22.7. The molecule has 0 bridgehead atoms. The Labute approximate surface area is 130 Å². The van der Waals surface area contributed by atoms with E-state index in [1.165, 1.54) is 7.05 Å². The molecule has 0 aliphatic rings. The van der Waals surface area contributed by atoms with Gasteiger partial charge in [-0.3, -0.25) is 4.79 Å². The molecule has 2 aromatic rings. The molecule has 0 heterocycles. The van der Waals surface area contributed by atoms with Gasteiger partial charge in [-0.15, -0.1) is 0 Å². The number of hydrogen-bond donors (Lipinski definition) is 1. The Balaban J connectivity index is 2.23. The molecular weight excluding hydrogens is 306 g/mol. The van der Waals surface area contributed by atoms with Crippen LogP contribution in [0.3, 0.4) is 0 Å². The zero-order valence-corrected chi connectivity index (χ0v) is 12.0. The van der Waals surface area contributed by atoms with Crippen molar-refractivity contribution in [2.45, 2.75) is 0 Å². The van der Waals surface area contributed by atoms with E-state index in [9.17, 15) is 18.4 Å². The number of nitrogens with zero attached hydrogens (tertiary/aromatic N) is 2. The number of aromatic carboxylic acids is 1. The lowest BCUT2D eigenvalue weighted by molar-refractivity contribution is 0.0695. The molecule has 0 unspecified atom stereocenters. The van der Waals surface area contributed by atoms with Crippen LogP contribution in [-0.2, 0) is 0 Å². The Morgan fingerprint density at radius 2 is 1.65 bits per heavy atom. The standard InChI is InChI=1S/C16H12F2N2O3/c1-20(15(21)10-5-3-2-4-6-10)19-9-12-13(17)7-11(16(22)23)8-14(12)18/h2-9H,1H3,(H,22,23). The van der Waals surface area contributed by atoms with E-state index in [0.29, 0.717) is 17.7 Å². The number of carboxylic acids is 1. The van der Waals surface area contributed by atoms with Crippen molar-refractivity contribution in [3.63, 3.8) is 0 Å². The molecule has 23 heavy (non-hydrogen) atoms. The van der Waals surface area contributed by atoms with Crippen molar-refractivity contribution in [1.82, 2.24) is 5.01 Å². The molecule has 1 amide bonds. The first-order valence-electron chi connectivity index (χ1n) is 6.49. The van der Waals surface area contributed by atoms with Crippen LogP contribution >= 0.6 is 0 Å². The molecule has 2 aromatic carbocycles. The number of amides is 1. The molecule has 0 saturated heterocycles. The number of carbonyl (C=O) groups is 2. The molecule has 0 saturated carbocycles. The van der Waals surface area contributed by atoms with Crippen molar-refractivity contribution in [3.8, 4) is 0 Å². The van der Waals surface area contributed by atoms with E-state index >= 15 is 0 Å². The third-order valence-corrected chi connectivity index (χ3v) is 3.00. The minimum Gasteiger partial charge on any atom is -0.478 e. The summed E-state index contributed by atoms with van der Waals surface area (Å²) in [5.74, 6) is -4.05. The molecule has 0 spiro atoms. The zero-order chi connectivity index (χ0) is 17.0. The van der Waals surface area contributed by atoms with Gasteiger partial charge in [-0.25, -0.2) is 18.6 Å². The molecule has 0 aromatic heterocycles. The van der Waals surface area contributed by atoms with Gasteiger partial charge in [0, 0.05) is 12.6 Å². The first-order valence-corrected chi connectivity index (χ1v) is 6.49. The number of carboxylic acid groups (broad SMARTS) is 1. The van der Waals surface area contributed by atoms with E-state index in [0.717, 1.165) is 11.2 Å². The van der Waals surface area contributed by atoms with Crippen molar-refractivity contribution < 1.29 is 23.5 Å². The fourth-order valence-electron chi connectivity index (χ4n) is 1.80. The smallest absolute Gasteiger partial charge is 0.335 e. The number of hydrazone groups is 1. The highest BCUT2D eigenvalue weighted by Crippen LogP contribution is 2.14. The number of hydrogen-bond acceptors (Lipinski definition) is 3. The van der Waals surface area contributed by atoms with Gasteiger partial charge in [-0.1, -0.05) is 18.2 Å². The van der Waals surface area contributed by atoms with E-state index in [2.05, 4.69) is 5.10 Å². The van der Waals surface area contributed by atoms with Gasteiger partial charge in [0.15, 0.2) is 0 Å². The fraction of sp³-hybridized carbons (Fsp3) is 0.0625. The summed E-state index contributed by atoms with van der Waals surface area (Å²) in [7, 11) is 1.34. The highest BCUT2D eigenvalue weighted by atomic mass is 19.1. The van der Waals surface area contributed by atoms with Crippen molar-refractivity contribution in [1.29, 1.82) is 0 Å². The Hall–Kier alpha value is -3.09. The molecule has 0 aliphatic heterocycles. The molecule has 2 rings (SSSR count). The van der Waals surface area contributed by atoms with Gasteiger partial charge in [-0.05, 0) is 24.3 Å². The highest BCUT2D eigenvalue weighted by Gasteiger charge is 2.14. The average Bonchev–Trinajstić information content (AvgIpc) is 2.53. The lowest BCUT2D eigenvalue weighted by Gasteiger charge is -2.11. The first kappa shape index (κ1) is 16.3. The molecule has 0 atom stereocenters. The predicted molar refractivity (Wildman–Crippen MR) is 79.4 cm³/mol. The van der Waals surface area contributed by atoms with Crippen molar-refractivity contribution in [3.05, 3.63) is 70.8 Å². The molecule has 118 valence electrons. The van der Waals surface area contributed by atoms with Crippen LogP contribution in [0.15, 0.2) is 47.6 Å². The summed E-state index contributed by atoms with van der Waals surface area (Å²) >= 11 is 0. The molecule has 7 heteroatoms. The van der Waals surface area contributed by atoms with Crippen molar-refractivity contribution >= 4 is 18.1 Å². The van der Waals surface area contributed by atoms with Gasteiger partial charge in [0.1, 0.15) is 11.6 Å². The molecule has 0 fully saturated rings. The summed E-state index contributed by atoms with van der Waals surface area (Å²) in [5, 5.41) is 13.3. The second-order valence-electron chi connectivity index (χ2n) is 4.60. The Morgan fingerprint density at radius 1 is 1.09 bits per heavy atom. The van der Waals surface area contributed by atoms with Crippen LogP contribution in [0, 0.1) is 11.6 Å². The molecular formula is C16H12F2N2O3. The monoisotopic (exact) mass is 318 g/mol. The molecule has 0 aliphatic carbocycles. The van der Waals surface area contributed by atoms with E-state index in [4.69, 9.17) is 5.11 Å². The quantitative estimate of drug-likeness (QED) is 0.696. The lowest BCUT2D eigenvalue weighted by atomic mass is 10.1. The molecule has 1 N–H and O–H groups in total. The van der Waals surface area contributed by atoms with Crippen LogP contribution in [0.4, 0.5) is 8.78 Å². The van der Waals surface area contributed by atoms with E-state index < -0.39 is 34.6 Å². The van der Waals surface area contributed by atoms with Crippen molar-refractivity contribution in [2.24, 2.45) is 5.10 Å². The normalized spacial score (nSPS) is 10.7. The topological polar surface area (TPSA) is 70.0 Å². The number of benzene rings is 2. The fourth-order valence-corrected chi connectivity index (χ4v) is 1.80. The van der Waals surface area contributed by atoms with Gasteiger partial charge in [0.25, 0.3) is 5.91 Å². The van der Waals surface area contributed by atoms with Crippen LogP contribution < -0.4 is 0 Å². The van der Waals surface area contributed by atoms with Crippen LogP contribution in [0.2, 0.25) is 0 Å². The van der Waals surface area contributed by atoms with Crippen LogP contribution in [-0.4, -0.2) is 35.3 Å². The average molecular weight is 318 g/mol. The van der Waals surface area contributed by atoms with Crippen LogP contribution in [0.5, 0.6) is 0 Å². The van der Waals surface area contributed by atoms with E-state index in [-0.39, 0.29) is 0 Å². The number of rotatable bonds is 4. The van der Waals surface area contributed by atoms with Gasteiger partial charge >= 0.3 is 5.97 Å². The molecule has 5 nitrogen and oxygen atoms in total. The van der Waals surface area contributed by atoms with Crippen molar-refractivity contribution in [2.75, 3.05) is 7.05 Å². The summed E-state index contributed by atoms with van der Waals surface area (Å²) in [6.45, 7) is 0. The first-order chi connectivity index (χ1) is 10.9. The number of halogens is 2. The lowest BCUT2D eigenvalue weighted by Crippen LogP contribution is -2.21. The van der Waals surface area contributed by atoms with Crippen LogP contribution in [0.1, 0.15) is 26.3 Å². The van der Waals surface area contributed by atoms with Gasteiger partial charge in [0.05, 0.1) is 17.3 Å². The van der Waals surface area contributed by atoms with Gasteiger partial charge < -0.3 is 5.11 Å². The largest absolute Gasteiger partial charge is 0.478 e. The Morgan fingerprint density at radius 3 is 2.17 bits per heavy atom. The third-order valence-electron chi connectivity index (χ3n) is 3.00. The van der Waals surface area contributed by atoms with Gasteiger partial charge in [-0.2, -0.15) is 5.10 Å². The maximum absolute atomic E-state index is 13.7. The Bertz CT molecular complexity index is 753. The van der Waals surface area contributed by atoms with E-state index in [1.807, 2.05) is 0 Å². The zero-order valence-electron chi connectivity index (χ0n) is 12.0. The highest BCUT2D eigenvalue weighted by molar-refractivity contribution is 5.95.